The van der Waals surface area contributed by atoms with E-state index in [1.807, 2.05) is 6.92 Å². The molecule has 5 nitrogen and oxygen atoms in total. The predicted octanol–water partition coefficient (Wildman–Crippen LogP) is 2.41. The second-order valence-electron chi connectivity index (χ2n) is 5.61. The van der Waals surface area contributed by atoms with E-state index < -0.39 is 10.5 Å². The zero-order chi connectivity index (χ0) is 15.5. The Morgan fingerprint density at radius 1 is 1.43 bits per heavy atom. The summed E-state index contributed by atoms with van der Waals surface area (Å²) in [5.74, 6) is -0.0539. The van der Waals surface area contributed by atoms with E-state index in [0.717, 1.165) is 24.9 Å². The summed E-state index contributed by atoms with van der Waals surface area (Å²) < 4.78 is 37.3. The lowest BCUT2D eigenvalue weighted by atomic mass is 9.83. The molecule has 1 saturated heterocycles. The van der Waals surface area contributed by atoms with Crippen LogP contribution in [0.1, 0.15) is 25.3 Å². The monoisotopic (exact) mass is 312 g/mol. The van der Waals surface area contributed by atoms with E-state index in [2.05, 4.69) is 15.2 Å². The minimum absolute atomic E-state index is 0.0539. The first-order valence-corrected chi connectivity index (χ1v) is 7.97. The molecule has 0 aliphatic carbocycles. The van der Waals surface area contributed by atoms with Crippen LogP contribution in [0.3, 0.4) is 0 Å². The maximum atomic E-state index is 12.4. The molecule has 1 aliphatic rings. The lowest BCUT2D eigenvalue weighted by molar-refractivity contribution is 0.137. The third kappa shape index (κ3) is 4.69. The van der Waals surface area contributed by atoms with E-state index in [4.69, 9.17) is 0 Å². The van der Waals surface area contributed by atoms with E-state index in [1.165, 1.54) is 12.1 Å². The van der Waals surface area contributed by atoms with Crippen molar-refractivity contribution in [2.75, 3.05) is 13.1 Å². The molecule has 1 aromatic rings. The highest BCUT2D eigenvalue weighted by molar-refractivity contribution is 7.81. The Balaban J connectivity index is 1.99. The van der Waals surface area contributed by atoms with Gasteiger partial charge in [0.05, 0.1) is 11.5 Å². The minimum atomic E-state index is -4.98. The standard InChI is InChI=1S/C14H17FN2O3S/c1-14(10-16)7-2-8-17(11-14)9-12-3-5-13(6-4-12)20-21(15,18)19/h3-6H,2,7-9,11H2,1H3. The first-order chi connectivity index (χ1) is 9.80. The van der Waals surface area contributed by atoms with Crippen molar-refractivity contribution in [3.63, 3.8) is 0 Å². The normalized spacial score (nSPS) is 23.5. The van der Waals surface area contributed by atoms with Crippen molar-refractivity contribution in [3.05, 3.63) is 29.8 Å². The van der Waals surface area contributed by atoms with Crippen molar-refractivity contribution < 1.29 is 16.5 Å². The zero-order valence-corrected chi connectivity index (χ0v) is 12.6. The Bertz CT molecular complexity index is 639. The van der Waals surface area contributed by atoms with Crippen LogP contribution >= 0.6 is 0 Å². The van der Waals surface area contributed by atoms with Gasteiger partial charge in [-0.25, -0.2) is 0 Å². The van der Waals surface area contributed by atoms with Gasteiger partial charge in [0.15, 0.2) is 0 Å². The van der Waals surface area contributed by atoms with Gasteiger partial charge in [-0.2, -0.15) is 13.7 Å². The van der Waals surface area contributed by atoms with Gasteiger partial charge < -0.3 is 4.18 Å². The third-order valence-electron chi connectivity index (χ3n) is 3.57. The highest BCUT2D eigenvalue weighted by Gasteiger charge is 2.30. The highest BCUT2D eigenvalue weighted by atomic mass is 32.3. The van der Waals surface area contributed by atoms with Crippen LogP contribution in [0, 0.1) is 16.7 Å². The van der Waals surface area contributed by atoms with Crippen LogP contribution in [-0.4, -0.2) is 26.4 Å². The number of nitriles is 1. The smallest absolute Gasteiger partial charge is 0.358 e. The molecule has 1 aliphatic heterocycles. The molecule has 21 heavy (non-hydrogen) atoms. The fourth-order valence-corrected chi connectivity index (χ4v) is 2.94. The first-order valence-electron chi connectivity index (χ1n) is 6.66. The number of likely N-dealkylation sites (tertiary alicyclic amines) is 1. The molecule has 1 unspecified atom stereocenters. The Morgan fingerprint density at radius 2 is 2.10 bits per heavy atom. The Hall–Kier alpha value is -1.65. The SMILES string of the molecule is CC1(C#N)CCCN(Cc2ccc(OS(=O)(=O)F)cc2)C1. The second-order valence-corrected chi connectivity index (χ2v) is 6.56. The Kier molecular flexibility index (Phi) is 4.49. The van der Waals surface area contributed by atoms with Crippen LogP contribution in [0.15, 0.2) is 24.3 Å². The van der Waals surface area contributed by atoms with Gasteiger partial charge >= 0.3 is 10.5 Å². The molecule has 1 aromatic carbocycles. The summed E-state index contributed by atoms with van der Waals surface area (Å²) >= 11 is 0. The Morgan fingerprint density at radius 3 is 2.67 bits per heavy atom. The summed E-state index contributed by atoms with van der Waals surface area (Å²) in [4.78, 5) is 2.19. The fraction of sp³-hybridized carbons (Fsp3) is 0.500. The van der Waals surface area contributed by atoms with Crippen LogP contribution in [0.2, 0.25) is 0 Å². The van der Waals surface area contributed by atoms with Crippen molar-refractivity contribution >= 4 is 10.5 Å². The number of halogens is 1. The van der Waals surface area contributed by atoms with Crippen LogP contribution < -0.4 is 4.18 Å². The molecule has 1 fully saturated rings. The zero-order valence-electron chi connectivity index (χ0n) is 11.8. The summed E-state index contributed by atoms with van der Waals surface area (Å²) in [6.07, 6.45) is 1.88. The van der Waals surface area contributed by atoms with Gasteiger partial charge in [0.25, 0.3) is 0 Å². The summed E-state index contributed by atoms with van der Waals surface area (Å²) in [6, 6.07) is 8.58. The quantitative estimate of drug-likeness (QED) is 0.798. The van der Waals surface area contributed by atoms with Gasteiger partial charge in [0.1, 0.15) is 5.75 Å². The topological polar surface area (TPSA) is 70.4 Å². The molecule has 0 saturated carbocycles. The van der Waals surface area contributed by atoms with Gasteiger partial charge in [-0.3, -0.25) is 4.90 Å². The van der Waals surface area contributed by atoms with Gasteiger partial charge in [0.2, 0.25) is 0 Å². The van der Waals surface area contributed by atoms with E-state index in [0.29, 0.717) is 13.1 Å². The van der Waals surface area contributed by atoms with E-state index >= 15 is 0 Å². The van der Waals surface area contributed by atoms with E-state index in [-0.39, 0.29) is 11.2 Å². The first kappa shape index (κ1) is 15.7. The number of rotatable bonds is 4. The number of piperidine rings is 1. The van der Waals surface area contributed by atoms with Gasteiger partial charge in [0, 0.05) is 13.1 Å². The Labute approximate surface area is 124 Å². The van der Waals surface area contributed by atoms with Gasteiger partial charge in [-0.05, 0) is 44.0 Å². The number of hydrogen-bond donors (Lipinski definition) is 0. The van der Waals surface area contributed by atoms with Crippen molar-refractivity contribution in [2.45, 2.75) is 26.3 Å². The molecule has 7 heteroatoms. The number of nitrogens with zero attached hydrogens (tertiary/aromatic N) is 2. The van der Waals surface area contributed by atoms with E-state index in [9.17, 15) is 17.6 Å². The summed E-state index contributed by atoms with van der Waals surface area (Å²) in [7, 11) is -4.98. The average molecular weight is 312 g/mol. The molecule has 0 amide bonds. The molecule has 1 atom stereocenters. The average Bonchev–Trinajstić information content (AvgIpc) is 2.40. The number of hydrogen-bond acceptors (Lipinski definition) is 5. The largest absolute Gasteiger partial charge is 0.488 e. The molecule has 0 bridgehead atoms. The third-order valence-corrected chi connectivity index (χ3v) is 3.96. The molecule has 0 spiro atoms. The molecular formula is C14H17FN2O3S. The highest BCUT2D eigenvalue weighted by Crippen LogP contribution is 2.29. The molecule has 0 aromatic heterocycles. The lowest BCUT2D eigenvalue weighted by Gasteiger charge is -2.35. The van der Waals surface area contributed by atoms with Gasteiger partial charge in [-0.1, -0.05) is 16.0 Å². The summed E-state index contributed by atoms with van der Waals surface area (Å²) in [6.45, 7) is 4.26. The van der Waals surface area contributed by atoms with Crippen molar-refractivity contribution in [2.24, 2.45) is 5.41 Å². The molecule has 0 N–H and O–H groups in total. The summed E-state index contributed by atoms with van der Waals surface area (Å²) in [5, 5.41) is 9.19. The van der Waals surface area contributed by atoms with Crippen molar-refractivity contribution in [1.29, 1.82) is 5.26 Å². The van der Waals surface area contributed by atoms with Crippen LogP contribution in [-0.2, 0) is 17.0 Å². The van der Waals surface area contributed by atoms with Gasteiger partial charge in [-0.15, -0.1) is 0 Å². The minimum Gasteiger partial charge on any atom is -0.358 e. The molecule has 114 valence electrons. The van der Waals surface area contributed by atoms with Crippen molar-refractivity contribution in [3.8, 4) is 11.8 Å². The lowest BCUT2D eigenvalue weighted by Crippen LogP contribution is -2.40. The second kappa shape index (κ2) is 6.00. The number of benzene rings is 1. The van der Waals surface area contributed by atoms with Crippen LogP contribution in [0.5, 0.6) is 5.75 Å². The molecule has 2 rings (SSSR count). The van der Waals surface area contributed by atoms with Crippen molar-refractivity contribution in [1.82, 2.24) is 4.90 Å². The van der Waals surface area contributed by atoms with Crippen LogP contribution in [0.25, 0.3) is 0 Å². The molecule has 0 radical (unpaired) electrons. The fourth-order valence-electron chi connectivity index (χ4n) is 2.59. The van der Waals surface area contributed by atoms with Crippen LogP contribution in [0.4, 0.5) is 3.89 Å². The summed E-state index contributed by atoms with van der Waals surface area (Å²) in [5.41, 5.74) is 0.643. The maximum Gasteiger partial charge on any atom is 0.488 e. The molecule has 1 heterocycles. The van der Waals surface area contributed by atoms with E-state index in [1.54, 1.807) is 12.1 Å². The molecular weight excluding hydrogens is 295 g/mol. The predicted molar refractivity (Wildman–Crippen MR) is 75.3 cm³/mol. The maximum absolute atomic E-state index is 12.4.